The van der Waals surface area contributed by atoms with E-state index in [2.05, 4.69) is 12.2 Å². The predicted molar refractivity (Wildman–Crippen MR) is 93.3 cm³/mol. The highest BCUT2D eigenvalue weighted by Gasteiger charge is 2.37. The Balaban J connectivity index is 2.24. The lowest BCUT2D eigenvalue weighted by Crippen LogP contribution is -2.38. The zero-order chi connectivity index (χ0) is 17.9. The van der Waals surface area contributed by atoms with E-state index in [1.807, 2.05) is 19.9 Å². The number of carbonyl (C=O) groups excluding carboxylic acids is 1. The molecule has 1 aliphatic rings. The van der Waals surface area contributed by atoms with E-state index >= 15 is 0 Å². The number of amides is 1. The van der Waals surface area contributed by atoms with Crippen LogP contribution < -0.4 is 10.1 Å². The summed E-state index contributed by atoms with van der Waals surface area (Å²) in [7, 11) is 3.25. The third-order valence-electron chi connectivity index (χ3n) is 5.23. The summed E-state index contributed by atoms with van der Waals surface area (Å²) < 4.78 is 10.4. The summed E-state index contributed by atoms with van der Waals surface area (Å²) in [5.74, 6) is 0.418. The second-order valence-corrected chi connectivity index (χ2v) is 6.63. The average molecular weight is 335 g/mol. The van der Waals surface area contributed by atoms with Crippen molar-refractivity contribution in [1.29, 1.82) is 0 Å². The summed E-state index contributed by atoms with van der Waals surface area (Å²) in [4.78, 5) is 12.3. The topological polar surface area (TPSA) is 67.8 Å². The number of aliphatic hydroxyl groups excluding tert-OH is 1. The average Bonchev–Trinajstić information content (AvgIpc) is 2.57. The lowest BCUT2D eigenvalue weighted by molar-refractivity contribution is -0.128. The van der Waals surface area contributed by atoms with Crippen molar-refractivity contribution in [3.05, 3.63) is 28.3 Å². The smallest absolute Gasteiger partial charge is 0.223 e. The molecule has 0 unspecified atom stereocenters. The van der Waals surface area contributed by atoms with Crippen LogP contribution in [0.1, 0.15) is 41.7 Å². The second kappa shape index (κ2) is 7.99. The summed E-state index contributed by atoms with van der Waals surface area (Å²) in [6.45, 7) is 6.90. The summed E-state index contributed by atoms with van der Waals surface area (Å²) in [5.41, 5.74) is 4.26. The molecule has 134 valence electrons. The van der Waals surface area contributed by atoms with E-state index in [1.165, 1.54) is 5.56 Å². The maximum Gasteiger partial charge on any atom is 0.223 e. The maximum atomic E-state index is 12.3. The molecular formula is C19H29NO4. The second-order valence-electron chi connectivity index (χ2n) is 6.63. The monoisotopic (exact) mass is 335 g/mol. The number of nitrogens with one attached hydrogen (secondary N) is 1. The zero-order valence-corrected chi connectivity index (χ0v) is 15.3. The van der Waals surface area contributed by atoms with Crippen LogP contribution in [-0.2, 0) is 16.0 Å². The van der Waals surface area contributed by atoms with Crippen molar-refractivity contribution >= 4 is 5.91 Å². The van der Waals surface area contributed by atoms with Gasteiger partial charge in [0.25, 0.3) is 0 Å². The summed E-state index contributed by atoms with van der Waals surface area (Å²) in [6.07, 6.45) is 1.04. The lowest BCUT2D eigenvalue weighted by atomic mass is 9.72. The summed E-state index contributed by atoms with van der Waals surface area (Å²) >= 11 is 0. The molecule has 24 heavy (non-hydrogen) atoms. The van der Waals surface area contributed by atoms with Gasteiger partial charge in [-0.3, -0.25) is 4.79 Å². The van der Waals surface area contributed by atoms with Crippen molar-refractivity contribution in [3.63, 3.8) is 0 Å². The Bertz CT molecular complexity index is 600. The van der Waals surface area contributed by atoms with Gasteiger partial charge in [-0.15, -0.1) is 0 Å². The van der Waals surface area contributed by atoms with E-state index < -0.39 is 6.10 Å². The molecule has 1 amide bonds. The first kappa shape index (κ1) is 18.7. The molecule has 2 N–H and O–H groups in total. The van der Waals surface area contributed by atoms with E-state index in [-0.39, 0.29) is 17.7 Å². The number of carbonyl (C=O) groups is 1. The third kappa shape index (κ3) is 3.57. The fourth-order valence-corrected chi connectivity index (χ4v) is 3.75. The molecule has 0 bridgehead atoms. The largest absolute Gasteiger partial charge is 0.496 e. The molecule has 2 rings (SSSR count). The Morgan fingerprint density at radius 3 is 2.75 bits per heavy atom. The van der Waals surface area contributed by atoms with Gasteiger partial charge in [0.1, 0.15) is 5.75 Å². The van der Waals surface area contributed by atoms with Crippen LogP contribution in [0.2, 0.25) is 0 Å². The number of rotatable bonds is 6. The number of aliphatic hydroxyl groups is 1. The first-order valence-electron chi connectivity index (χ1n) is 8.54. The van der Waals surface area contributed by atoms with Crippen molar-refractivity contribution in [3.8, 4) is 5.75 Å². The van der Waals surface area contributed by atoms with E-state index in [0.29, 0.717) is 13.2 Å². The Morgan fingerprint density at radius 2 is 2.12 bits per heavy atom. The molecule has 1 aromatic carbocycles. The highest BCUT2D eigenvalue weighted by molar-refractivity contribution is 5.78. The molecule has 5 nitrogen and oxygen atoms in total. The molecular weight excluding hydrogens is 306 g/mol. The summed E-state index contributed by atoms with van der Waals surface area (Å²) in [6, 6.07) is 2.03. The van der Waals surface area contributed by atoms with Crippen molar-refractivity contribution in [1.82, 2.24) is 5.32 Å². The van der Waals surface area contributed by atoms with Crippen molar-refractivity contribution < 1.29 is 19.4 Å². The Morgan fingerprint density at radius 1 is 1.42 bits per heavy atom. The van der Waals surface area contributed by atoms with Crippen LogP contribution in [0.4, 0.5) is 0 Å². The van der Waals surface area contributed by atoms with Crippen molar-refractivity contribution in [2.75, 3.05) is 27.4 Å². The van der Waals surface area contributed by atoms with Crippen LogP contribution in [0.3, 0.4) is 0 Å². The Hall–Kier alpha value is -1.59. The fourth-order valence-electron chi connectivity index (χ4n) is 3.75. The molecule has 0 saturated carbocycles. The number of ether oxygens (including phenoxy) is 2. The molecule has 0 aliphatic heterocycles. The Labute approximate surface area is 144 Å². The quantitative estimate of drug-likeness (QED) is 0.783. The Kier molecular flexibility index (Phi) is 6.24. The number of benzene rings is 1. The predicted octanol–water partition coefficient (Wildman–Crippen LogP) is 2.31. The normalized spacial score (nSPS) is 21.1. The van der Waals surface area contributed by atoms with Gasteiger partial charge >= 0.3 is 0 Å². The van der Waals surface area contributed by atoms with Gasteiger partial charge < -0.3 is 19.9 Å². The maximum absolute atomic E-state index is 12.3. The molecule has 0 aromatic heterocycles. The van der Waals surface area contributed by atoms with E-state index in [9.17, 15) is 9.90 Å². The minimum atomic E-state index is -0.647. The molecule has 1 aliphatic carbocycles. The van der Waals surface area contributed by atoms with Crippen LogP contribution in [0.25, 0.3) is 0 Å². The number of fused-ring (bicyclic) bond motifs is 1. The molecule has 0 radical (unpaired) electrons. The minimum Gasteiger partial charge on any atom is -0.496 e. The summed E-state index contributed by atoms with van der Waals surface area (Å²) in [5, 5.41) is 13.9. The first-order valence-corrected chi connectivity index (χ1v) is 8.54. The zero-order valence-electron chi connectivity index (χ0n) is 15.3. The highest BCUT2D eigenvalue weighted by Crippen LogP contribution is 2.43. The van der Waals surface area contributed by atoms with Crippen molar-refractivity contribution in [2.24, 2.45) is 11.8 Å². The van der Waals surface area contributed by atoms with Crippen LogP contribution in [0.5, 0.6) is 5.75 Å². The van der Waals surface area contributed by atoms with Crippen molar-refractivity contribution in [2.45, 2.75) is 39.7 Å². The molecule has 0 fully saturated rings. The molecule has 0 spiro atoms. The number of methoxy groups -OCH3 is 2. The van der Waals surface area contributed by atoms with Gasteiger partial charge in [-0.25, -0.2) is 0 Å². The van der Waals surface area contributed by atoms with Gasteiger partial charge in [-0.1, -0.05) is 6.92 Å². The highest BCUT2D eigenvalue weighted by atomic mass is 16.5. The van der Waals surface area contributed by atoms with Crippen LogP contribution in [0.15, 0.2) is 6.07 Å². The third-order valence-corrected chi connectivity index (χ3v) is 5.23. The fraction of sp³-hybridized carbons (Fsp3) is 0.632. The van der Waals surface area contributed by atoms with Crippen LogP contribution in [-0.4, -0.2) is 38.4 Å². The lowest BCUT2D eigenvalue weighted by Gasteiger charge is -2.35. The van der Waals surface area contributed by atoms with E-state index in [1.54, 1.807) is 14.2 Å². The van der Waals surface area contributed by atoms with Crippen LogP contribution in [0, 0.1) is 25.7 Å². The van der Waals surface area contributed by atoms with Gasteiger partial charge in [0.05, 0.1) is 19.8 Å². The number of hydrogen-bond donors (Lipinski definition) is 2. The van der Waals surface area contributed by atoms with Gasteiger partial charge in [-0.2, -0.15) is 0 Å². The molecule has 3 atom stereocenters. The van der Waals surface area contributed by atoms with Crippen LogP contribution >= 0.6 is 0 Å². The van der Waals surface area contributed by atoms with Gasteiger partial charge in [0, 0.05) is 25.5 Å². The number of aryl methyl sites for hydroxylation is 1. The van der Waals surface area contributed by atoms with E-state index in [0.717, 1.165) is 35.3 Å². The SMILES string of the molecule is COCCNC(=O)[C@@H](C)[C@@H]1CCc2c(C)cc(OC)c(C)c2[C@@H]1O. The van der Waals surface area contributed by atoms with Gasteiger partial charge in [0.15, 0.2) is 0 Å². The minimum absolute atomic E-state index is 0.0307. The first-order chi connectivity index (χ1) is 11.4. The van der Waals surface area contributed by atoms with E-state index in [4.69, 9.17) is 9.47 Å². The standard InChI is InChI=1S/C19H29NO4/c1-11-10-16(24-5)13(3)17-14(11)6-7-15(18(17)21)12(2)19(22)20-8-9-23-4/h10,12,15,18,21H,6-9H2,1-5H3,(H,20,22)/t12-,15-,18+/m0/s1. The van der Waals surface area contributed by atoms with Gasteiger partial charge in [0.2, 0.25) is 5.91 Å². The molecule has 1 aromatic rings. The molecule has 5 heteroatoms. The number of hydrogen-bond acceptors (Lipinski definition) is 4. The van der Waals surface area contributed by atoms with Gasteiger partial charge in [-0.05, 0) is 55.0 Å². The molecule has 0 heterocycles. The molecule has 0 saturated heterocycles.